The van der Waals surface area contributed by atoms with Crippen LogP contribution in [0.3, 0.4) is 0 Å². The van der Waals surface area contributed by atoms with Gasteiger partial charge in [-0.1, -0.05) is 6.07 Å². The summed E-state index contributed by atoms with van der Waals surface area (Å²) >= 11 is 0. The first-order valence-corrected chi connectivity index (χ1v) is 7.35. The zero-order chi connectivity index (χ0) is 13.9. The molecule has 1 aromatic rings. The number of rotatable bonds is 4. The van der Waals surface area contributed by atoms with Crippen LogP contribution in [0.2, 0.25) is 0 Å². The van der Waals surface area contributed by atoms with Gasteiger partial charge in [0.2, 0.25) is 0 Å². The van der Waals surface area contributed by atoms with E-state index in [2.05, 4.69) is 54.9 Å². The molecule has 0 atom stereocenters. The Morgan fingerprint density at radius 2 is 1.95 bits per heavy atom. The molecule has 1 aliphatic rings. The van der Waals surface area contributed by atoms with Crippen LogP contribution in [0.1, 0.15) is 32.4 Å². The summed E-state index contributed by atoms with van der Waals surface area (Å²) in [6.07, 6.45) is 5.43. The fourth-order valence-electron chi connectivity index (χ4n) is 3.08. The second-order valence-corrected chi connectivity index (χ2v) is 6.25. The van der Waals surface area contributed by atoms with Crippen molar-refractivity contribution >= 4 is 0 Å². The first kappa shape index (κ1) is 14.5. The van der Waals surface area contributed by atoms with Crippen LogP contribution >= 0.6 is 0 Å². The third kappa shape index (κ3) is 3.34. The molecule has 2 heterocycles. The minimum atomic E-state index is 0.278. The Balaban J connectivity index is 2.08. The van der Waals surface area contributed by atoms with Crippen LogP contribution in [0.5, 0.6) is 0 Å². The van der Waals surface area contributed by atoms with Gasteiger partial charge in [0.15, 0.2) is 0 Å². The highest BCUT2D eigenvalue weighted by Gasteiger charge is 2.37. The molecule has 0 aromatic carbocycles. The Labute approximate surface area is 117 Å². The molecular weight excluding hydrogens is 234 g/mol. The molecule has 1 saturated heterocycles. The Bertz CT molecular complexity index is 378. The zero-order valence-electron chi connectivity index (χ0n) is 12.8. The molecule has 2 rings (SSSR count). The molecule has 0 bridgehead atoms. The Morgan fingerprint density at radius 3 is 2.42 bits per heavy atom. The Hall–Kier alpha value is -0.930. The van der Waals surface area contributed by atoms with Crippen LogP contribution in [0.4, 0.5) is 0 Å². The topological polar surface area (TPSA) is 19.4 Å². The van der Waals surface area contributed by atoms with Crippen LogP contribution in [0.15, 0.2) is 24.4 Å². The van der Waals surface area contributed by atoms with Crippen molar-refractivity contribution in [3.63, 3.8) is 0 Å². The smallest absolute Gasteiger partial charge is 0.0422 e. The standard InChI is InChI=1S/C16H27N3/c1-14(2)19-11-8-16(9-12-19,18(3)4)13-15-7-5-6-10-17-15/h5-7,10,14H,8-9,11-13H2,1-4H3. The van der Waals surface area contributed by atoms with Gasteiger partial charge in [-0.15, -0.1) is 0 Å². The van der Waals surface area contributed by atoms with Crippen LogP contribution in [0.25, 0.3) is 0 Å². The number of hydrogen-bond donors (Lipinski definition) is 0. The van der Waals surface area contributed by atoms with E-state index in [0.29, 0.717) is 6.04 Å². The van der Waals surface area contributed by atoms with Crippen molar-refractivity contribution in [2.45, 2.75) is 44.7 Å². The van der Waals surface area contributed by atoms with E-state index < -0.39 is 0 Å². The lowest BCUT2D eigenvalue weighted by molar-refractivity contribution is 0.0433. The van der Waals surface area contributed by atoms with Gasteiger partial charge >= 0.3 is 0 Å². The molecule has 0 N–H and O–H groups in total. The van der Waals surface area contributed by atoms with E-state index in [0.717, 1.165) is 6.42 Å². The van der Waals surface area contributed by atoms with Crippen molar-refractivity contribution in [1.29, 1.82) is 0 Å². The summed E-state index contributed by atoms with van der Waals surface area (Å²) in [4.78, 5) is 9.51. The molecule has 19 heavy (non-hydrogen) atoms. The predicted molar refractivity (Wildman–Crippen MR) is 80.3 cm³/mol. The molecule has 3 heteroatoms. The monoisotopic (exact) mass is 261 g/mol. The SMILES string of the molecule is CC(C)N1CCC(Cc2ccccn2)(N(C)C)CC1. The maximum Gasteiger partial charge on any atom is 0.0422 e. The Morgan fingerprint density at radius 1 is 1.26 bits per heavy atom. The molecule has 0 radical (unpaired) electrons. The van der Waals surface area contributed by atoms with E-state index in [1.165, 1.54) is 31.6 Å². The lowest BCUT2D eigenvalue weighted by atomic mass is 9.81. The lowest BCUT2D eigenvalue weighted by Crippen LogP contribution is -2.55. The van der Waals surface area contributed by atoms with Crippen LogP contribution in [0, 0.1) is 0 Å². The van der Waals surface area contributed by atoms with Crippen LogP contribution < -0.4 is 0 Å². The number of likely N-dealkylation sites (N-methyl/N-ethyl adjacent to an activating group) is 1. The van der Waals surface area contributed by atoms with Crippen LogP contribution in [-0.4, -0.2) is 53.5 Å². The van der Waals surface area contributed by atoms with Gasteiger partial charge in [0.25, 0.3) is 0 Å². The molecule has 1 aliphatic heterocycles. The zero-order valence-corrected chi connectivity index (χ0v) is 12.8. The van der Waals surface area contributed by atoms with Gasteiger partial charge in [0.1, 0.15) is 0 Å². The molecule has 1 fully saturated rings. The number of nitrogens with zero attached hydrogens (tertiary/aromatic N) is 3. The molecular formula is C16H27N3. The van der Waals surface area contributed by atoms with Crippen molar-refractivity contribution in [3.05, 3.63) is 30.1 Å². The van der Waals surface area contributed by atoms with Crippen molar-refractivity contribution in [1.82, 2.24) is 14.8 Å². The van der Waals surface area contributed by atoms with Crippen LogP contribution in [-0.2, 0) is 6.42 Å². The number of pyridine rings is 1. The highest BCUT2D eigenvalue weighted by molar-refractivity contribution is 5.10. The number of piperidine rings is 1. The molecule has 0 saturated carbocycles. The highest BCUT2D eigenvalue weighted by atomic mass is 15.2. The van der Waals surface area contributed by atoms with Gasteiger partial charge in [0.05, 0.1) is 0 Å². The molecule has 0 aliphatic carbocycles. The molecule has 0 amide bonds. The van der Waals surface area contributed by atoms with E-state index in [1.807, 2.05) is 12.3 Å². The third-order valence-electron chi connectivity index (χ3n) is 4.64. The Kier molecular flexibility index (Phi) is 4.58. The largest absolute Gasteiger partial charge is 0.303 e. The number of aromatic nitrogens is 1. The molecule has 0 unspecified atom stereocenters. The number of likely N-dealkylation sites (tertiary alicyclic amines) is 1. The summed E-state index contributed by atoms with van der Waals surface area (Å²) in [7, 11) is 4.43. The summed E-state index contributed by atoms with van der Waals surface area (Å²) in [5.74, 6) is 0. The third-order valence-corrected chi connectivity index (χ3v) is 4.64. The van der Waals surface area contributed by atoms with E-state index in [-0.39, 0.29) is 5.54 Å². The first-order valence-electron chi connectivity index (χ1n) is 7.35. The van der Waals surface area contributed by atoms with E-state index in [4.69, 9.17) is 0 Å². The van der Waals surface area contributed by atoms with Crippen molar-refractivity contribution < 1.29 is 0 Å². The summed E-state index contributed by atoms with van der Waals surface area (Å²) < 4.78 is 0. The van der Waals surface area contributed by atoms with Gasteiger partial charge in [0, 0.05) is 43.0 Å². The van der Waals surface area contributed by atoms with Gasteiger partial charge in [-0.3, -0.25) is 4.98 Å². The maximum absolute atomic E-state index is 4.51. The van der Waals surface area contributed by atoms with E-state index >= 15 is 0 Å². The second kappa shape index (κ2) is 6.02. The van der Waals surface area contributed by atoms with Crippen molar-refractivity contribution in [2.75, 3.05) is 27.2 Å². The van der Waals surface area contributed by atoms with Gasteiger partial charge in [-0.2, -0.15) is 0 Å². The average molecular weight is 261 g/mol. The minimum absolute atomic E-state index is 0.278. The fraction of sp³-hybridized carbons (Fsp3) is 0.688. The minimum Gasteiger partial charge on any atom is -0.303 e. The highest BCUT2D eigenvalue weighted by Crippen LogP contribution is 2.31. The maximum atomic E-state index is 4.51. The fourth-order valence-corrected chi connectivity index (χ4v) is 3.08. The summed E-state index contributed by atoms with van der Waals surface area (Å²) in [6.45, 7) is 6.98. The quantitative estimate of drug-likeness (QED) is 0.830. The summed E-state index contributed by atoms with van der Waals surface area (Å²) in [5.41, 5.74) is 1.49. The van der Waals surface area contributed by atoms with E-state index in [1.54, 1.807) is 0 Å². The van der Waals surface area contributed by atoms with Gasteiger partial charge < -0.3 is 9.80 Å². The lowest BCUT2D eigenvalue weighted by Gasteiger charge is -2.47. The molecule has 106 valence electrons. The first-order chi connectivity index (χ1) is 9.03. The molecule has 3 nitrogen and oxygen atoms in total. The summed E-state index contributed by atoms with van der Waals surface area (Å²) in [6, 6.07) is 6.90. The molecule has 1 aromatic heterocycles. The second-order valence-electron chi connectivity index (χ2n) is 6.25. The molecule has 0 spiro atoms. The van der Waals surface area contributed by atoms with Crippen molar-refractivity contribution in [3.8, 4) is 0 Å². The van der Waals surface area contributed by atoms with Gasteiger partial charge in [-0.05, 0) is 52.9 Å². The van der Waals surface area contributed by atoms with E-state index in [9.17, 15) is 0 Å². The number of hydrogen-bond acceptors (Lipinski definition) is 3. The summed E-state index contributed by atoms with van der Waals surface area (Å²) in [5, 5.41) is 0. The van der Waals surface area contributed by atoms with Gasteiger partial charge in [-0.25, -0.2) is 0 Å². The average Bonchev–Trinajstić information content (AvgIpc) is 2.40. The predicted octanol–water partition coefficient (Wildman–Crippen LogP) is 2.43. The normalized spacial score (nSPS) is 20.1. The van der Waals surface area contributed by atoms with Crippen molar-refractivity contribution in [2.24, 2.45) is 0 Å².